The van der Waals surface area contributed by atoms with Crippen LogP contribution in [0.4, 0.5) is 0 Å². The molecule has 9 heavy (non-hydrogen) atoms. The van der Waals surface area contributed by atoms with Crippen molar-refractivity contribution < 1.29 is 0 Å². The van der Waals surface area contributed by atoms with Gasteiger partial charge < -0.3 is 0 Å². The smallest absolute Gasteiger partial charge is 0.00789 e. The van der Waals surface area contributed by atoms with Gasteiger partial charge in [-0.05, 0) is 17.4 Å². The summed E-state index contributed by atoms with van der Waals surface area (Å²) in [7, 11) is 0. The van der Waals surface area contributed by atoms with E-state index in [4.69, 9.17) is 0 Å². The molecule has 0 N–H and O–H groups in total. The molecule has 0 saturated carbocycles. The average Bonchev–Trinajstić information content (AvgIpc) is 1.62. The van der Waals surface area contributed by atoms with Gasteiger partial charge in [0.25, 0.3) is 0 Å². The van der Waals surface area contributed by atoms with Crippen LogP contribution in [-0.2, 0) is 0 Å². The van der Waals surface area contributed by atoms with E-state index in [9.17, 15) is 0 Å². The Balaban J connectivity index is 3.88. The first-order chi connectivity index (χ1) is 3.85. The molecule has 0 radical (unpaired) electrons. The predicted octanol–water partition coefficient (Wildman–Crippen LogP) is 3.99. The van der Waals surface area contributed by atoms with Crippen LogP contribution in [0.1, 0.15) is 34.6 Å². The summed E-state index contributed by atoms with van der Waals surface area (Å²) in [4.78, 5) is 0. The van der Waals surface area contributed by atoms with Crippen molar-refractivity contribution in [2.24, 2.45) is 0 Å². The molecule has 2 heteroatoms. The first-order valence-corrected chi connectivity index (χ1v) is 6.74. The largest absolute Gasteiger partial charge is 0.0597 e. The Morgan fingerprint density at radius 3 is 1.56 bits per heavy atom. The lowest BCUT2D eigenvalue weighted by Crippen LogP contribution is -2.12. The topological polar surface area (TPSA) is 0 Å². The van der Waals surface area contributed by atoms with E-state index in [1.807, 2.05) is 0 Å². The summed E-state index contributed by atoms with van der Waals surface area (Å²) in [5.41, 5.74) is 0.792. The third-order valence-electron chi connectivity index (χ3n) is 1.09. The van der Waals surface area contributed by atoms with Crippen LogP contribution in [0.25, 0.3) is 0 Å². The fraction of sp³-hybridized carbons (Fsp3) is 1.00. The molecule has 0 aliphatic heterocycles. The van der Waals surface area contributed by atoms with Crippen LogP contribution in [0.5, 0.6) is 0 Å². The molecular formula is C7H16BrP. The lowest BCUT2D eigenvalue weighted by molar-refractivity contribution is 0.781. The van der Waals surface area contributed by atoms with Crippen LogP contribution in [0, 0.1) is 0 Å². The third kappa shape index (κ3) is 3.57. The molecule has 0 spiro atoms. The molecule has 0 amide bonds. The minimum Gasteiger partial charge on any atom is -0.0597 e. The van der Waals surface area contributed by atoms with Gasteiger partial charge in [-0.1, -0.05) is 50.1 Å². The SMILES string of the molecule is CC(C)P(Br)C(C)(C)C. The van der Waals surface area contributed by atoms with Gasteiger partial charge in [0.15, 0.2) is 0 Å². The van der Waals surface area contributed by atoms with Gasteiger partial charge in [-0.3, -0.25) is 0 Å². The molecule has 0 aliphatic carbocycles. The van der Waals surface area contributed by atoms with Crippen molar-refractivity contribution in [1.82, 2.24) is 0 Å². The van der Waals surface area contributed by atoms with Gasteiger partial charge in [-0.15, -0.1) is 0 Å². The molecule has 0 rings (SSSR count). The van der Waals surface area contributed by atoms with Crippen LogP contribution in [0.2, 0.25) is 0 Å². The summed E-state index contributed by atoms with van der Waals surface area (Å²) in [5, 5.41) is 0.462. The van der Waals surface area contributed by atoms with Gasteiger partial charge in [0, 0.05) is 0 Å². The highest BCUT2D eigenvalue weighted by atomic mass is 79.9. The van der Waals surface area contributed by atoms with Gasteiger partial charge in [-0.2, -0.15) is 0 Å². The Hall–Kier alpha value is 0.910. The Morgan fingerprint density at radius 1 is 1.22 bits per heavy atom. The Labute approximate surface area is 67.9 Å². The van der Waals surface area contributed by atoms with Gasteiger partial charge >= 0.3 is 0 Å². The van der Waals surface area contributed by atoms with Crippen molar-refractivity contribution in [2.45, 2.75) is 45.4 Å². The molecule has 56 valence electrons. The molecule has 0 aromatic heterocycles. The highest BCUT2D eigenvalue weighted by Gasteiger charge is 2.23. The summed E-state index contributed by atoms with van der Waals surface area (Å²) in [6, 6.07) is 0. The molecular weight excluding hydrogens is 195 g/mol. The molecule has 1 unspecified atom stereocenters. The van der Waals surface area contributed by atoms with Gasteiger partial charge in [0.1, 0.15) is 0 Å². The minimum atomic E-state index is 0.0319. The van der Waals surface area contributed by atoms with E-state index in [1.165, 1.54) is 0 Å². The van der Waals surface area contributed by atoms with Crippen LogP contribution >= 0.6 is 22.1 Å². The van der Waals surface area contributed by atoms with E-state index >= 15 is 0 Å². The lowest BCUT2D eigenvalue weighted by Gasteiger charge is -2.28. The molecule has 0 nitrogen and oxygen atoms in total. The fourth-order valence-electron chi connectivity index (χ4n) is 0.775. The first kappa shape index (κ1) is 9.91. The van der Waals surface area contributed by atoms with Crippen LogP contribution < -0.4 is 0 Å². The second-order valence-corrected chi connectivity index (χ2v) is 8.87. The lowest BCUT2D eigenvalue weighted by atomic mass is 10.3. The number of halogens is 1. The Morgan fingerprint density at radius 2 is 1.56 bits per heavy atom. The van der Waals surface area contributed by atoms with Crippen molar-refractivity contribution in [3.05, 3.63) is 0 Å². The van der Waals surface area contributed by atoms with Crippen LogP contribution in [-0.4, -0.2) is 10.8 Å². The summed E-state index contributed by atoms with van der Waals surface area (Å²) >= 11 is 3.73. The predicted molar refractivity (Wildman–Crippen MR) is 50.7 cm³/mol. The van der Waals surface area contributed by atoms with E-state index in [-0.39, 0.29) is 6.62 Å². The molecule has 0 bridgehead atoms. The van der Waals surface area contributed by atoms with Gasteiger partial charge in [-0.25, -0.2) is 0 Å². The zero-order valence-corrected chi connectivity index (χ0v) is 9.38. The number of hydrogen-bond donors (Lipinski definition) is 0. The maximum atomic E-state index is 3.73. The quantitative estimate of drug-likeness (QED) is 0.575. The van der Waals surface area contributed by atoms with Gasteiger partial charge in [0.2, 0.25) is 0 Å². The molecule has 1 atom stereocenters. The standard InChI is InChI=1S/C7H16BrP/c1-6(2)9(8)7(3,4)5/h6H,1-5H3. The summed E-state index contributed by atoms with van der Waals surface area (Å²) < 4.78 is 0. The second kappa shape index (κ2) is 3.34. The minimum absolute atomic E-state index is 0.0319. The fourth-order valence-corrected chi connectivity index (χ4v) is 2.32. The zero-order chi connectivity index (χ0) is 7.65. The Kier molecular flexibility index (Phi) is 3.68. The molecule has 0 fully saturated rings. The molecule has 0 saturated heterocycles. The first-order valence-electron chi connectivity index (χ1n) is 3.31. The molecule has 0 aliphatic rings. The molecule has 0 heterocycles. The van der Waals surface area contributed by atoms with Crippen molar-refractivity contribution in [1.29, 1.82) is 0 Å². The van der Waals surface area contributed by atoms with Crippen molar-refractivity contribution in [3.8, 4) is 0 Å². The van der Waals surface area contributed by atoms with Gasteiger partial charge in [0.05, 0.1) is 0 Å². The van der Waals surface area contributed by atoms with Crippen molar-refractivity contribution in [2.75, 3.05) is 0 Å². The average molecular weight is 211 g/mol. The molecule has 0 aromatic carbocycles. The third-order valence-corrected chi connectivity index (χ3v) is 8.93. The monoisotopic (exact) mass is 210 g/mol. The van der Waals surface area contributed by atoms with E-state index in [0.29, 0.717) is 5.16 Å². The van der Waals surface area contributed by atoms with Crippen LogP contribution in [0.15, 0.2) is 0 Å². The second-order valence-electron chi connectivity index (χ2n) is 3.58. The number of rotatable bonds is 1. The van der Waals surface area contributed by atoms with Crippen LogP contribution in [0.3, 0.4) is 0 Å². The normalized spacial score (nSPS) is 16.3. The van der Waals surface area contributed by atoms with E-state index in [1.54, 1.807) is 0 Å². The number of hydrogen-bond acceptors (Lipinski definition) is 0. The van der Waals surface area contributed by atoms with E-state index < -0.39 is 0 Å². The maximum Gasteiger partial charge on any atom is -0.00789 e. The zero-order valence-electron chi connectivity index (χ0n) is 6.90. The molecule has 0 aromatic rings. The summed E-state index contributed by atoms with van der Waals surface area (Å²) in [6.45, 7) is 11.4. The summed E-state index contributed by atoms with van der Waals surface area (Å²) in [6.07, 6.45) is 0. The van der Waals surface area contributed by atoms with Crippen molar-refractivity contribution >= 4 is 22.1 Å². The maximum absolute atomic E-state index is 3.73. The highest BCUT2D eigenvalue weighted by molar-refractivity contribution is 9.39. The van der Waals surface area contributed by atoms with Crippen molar-refractivity contribution in [3.63, 3.8) is 0 Å². The summed E-state index contributed by atoms with van der Waals surface area (Å²) in [5.74, 6) is 0. The Bertz CT molecular complexity index is 83.4. The van der Waals surface area contributed by atoms with E-state index in [2.05, 4.69) is 50.1 Å². The van der Waals surface area contributed by atoms with E-state index in [0.717, 1.165) is 5.66 Å². The highest BCUT2D eigenvalue weighted by Crippen LogP contribution is 2.59.